The van der Waals surface area contributed by atoms with Gasteiger partial charge in [-0.05, 0) is 31.7 Å². The molecule has 1 saturated heterocycles. The van der Waals surface area contributed by atoms with Crippen LogP contribution in [0.3, 0.4) is 0 Å². The summed E-state index contributed by atoms with van der Waals surface area (Å²) in [7, 11) is 0. The van der Waals surface area contributed by atoms with Gasteiger partial charge in [-0.1, -0.05) is 30.3 Å². The fourth-order valence-electron chi connectivity index (χ4n) is 3.62. The van der Waals surface area contributed by atoms with E-state index in [2.05, 4.69) is 10.6 Å². The molecular formula is C22H30N4O7. The number of nitrogens with zero attached hydrogens (tertiary/aromatic N) is 1. The van der Waals surface area contributed by atoms with Crippen molar-refractivity contribution in [1.82, 2.24) is 15.5 Å². The standard InChI is InChI=1S/C22H30N4O7/c1-13(22(32)33)24-19(29)16(12-14-6-3-2-4-7-14)25-20(30)17-8-5-11-26(17)21(31)15(23)9-10-18(27)28/h2-4,6-7,13,15-17H,5,8-12,23H2,1H3,(H,24,29)(H,25,30)(H,27,28)(H,32,33). The molecule has 11 heteroatoms. The summed E-state index contributed by atoms with van der Waals surface area (Å²) in [4.78, 5) is 61.7. The van der Waals surface area contributed by atoms with Crippen LogP contribution in [0.5, 0.6) is 0 Å². The number of nitrogens with two attached hydrogens (primary N) is 1. The molecule has 1 heterocycles. The maximum absolute atomic E-state index is 13.0. The molecule has 33 heavy (non-hydrogen) atoms. The number of carbonyl (C=O) groups is 5. The maximum atomic E-state index is 13.0. The molecule has 1 aromatic rings. The zero-order chi connectivity index (χ0) is 24.5. The second-order valence-electron chi connectivity index (χ2n) is 8.05. The summed E-state index contributed by atoms with van der Waals surface area (Å²) in [6, 6.07) is 4.82. The summed E-state index contributed by atoms with van der Waals surface area (Å²) in [6.45, 7) is 1.61. The van der Waals surface area contributed by atoms with Gasteiger partial charge < -0.3 is 31.5 Å². The third kappa shape index (κ3) is 7.56. The molecule has 11 nitrogen and oxygen atoms in total. The summed E-state index contributed by atoms with van der Waals surface area (Å²) in [5, 5.41) is 22.9. The van der Waals surface area contributed by atoms with Gasteiger partial charge in [-0.15, -0.1) is 0 Å². The van der Waals surface area contributed by atoms with Crippen LogP contribution >= 0.6 is 0 Å². The Hall–Kier alpha value is -3.47. The Morgan fingerprint density at radius 3 is 2.39 bits per heavy atom. The molecule has 1 aliphatic heterocycles. The number of benzene rings is 1. The van der Waals surface area contributed by atoms with E-state index in [4.69, 9.17) is 15.9 Å². The Morgan fingerprint density at radius 2 is 1.79 bits per heavy atom. The Bertz CT molecular complexity index is 877. The van der Waals surface area contributed by atoms with E-state index >= 15 is 0 Å². The quantitative estimate of drug-likeness (QED) is 0.291. The van der Waals surface area contributed by atoms with Crippen LogP contribution < -0.4 is 16.4 Å². The molecule has 6 N–H and O–H groups in total. The van der Waals surface area contributed by atoms with Crippen molar-refractivity contribution in [3.05, 3.63) is 35.9 Å². The van der Waals surface area contributed by atoms with Crippen LogP contribution in [0, 0.1) is 0 Å². The number of hydrogen-bond donors (Lipinski definition) is 5. The number of carbonyl (C=O) groups excluding carboxylic acids is 3. The van der Waals surface area contributed by atoms with E-state index < -0.39 is 53.8 Å². The van der Waals surface area contributed by atoms with Gasteiger partial charge in [-0.3, -0.25) is 24.0 Å². The van der Waals surface area contributed by atoms with Crippen molar-refractivity contribution >= 4 is 29.7 Å². The molecule has 0 bridgehead atoms. The molecule has 1 aliphatic rings. The van der Waals surface area contributed by atoms with Crippen LogP contribution in [-0.2, 0) is 30.4 Å². The predicted octanol–water partition coefficient (Wildman–Crippen LogP) is -0.514. The van der Waals surface area contributed by atoms with Crippen molar-refractivity contribution in [1.29, 1.82) is 0 Å². The van der Waals surface area contributed by atoms with Gasteiger partial charge in [0.1, 0.15) is 18.1 Å². The first-order chi connectivity index (χ1) is 15.6. The van der Waals surface area contributed by atoms with E-state index in [1.165, 1.54) is 11.8 Å². The lowest BCUT2D eigenvalue weighted by Crippen LogP contribution is -2.56. The summed E-state index contributed by atoms with van der Waals surface area (Å²) in [6.07, 6.45) is 0.739. The summed E-state index contributed by atoms with van der Waals surface area (Å²) < 4.78 is 0. The second-order valence-corrected chi connectivity index (χ2v) is 8.05. The SMILES string of the molecule is CC(NC(=O)C(Cc1ccccc1)NC(=O)C1CCCN1C(=O)C(N)CCC(=O)O)C(=O)O. The van der Waals surface area contributed by atoms with Crippen molar-refractivity contribution < 1.29 is 34.2 Å². The number of likely N-dealkylation sites (tertiary alicyclic amines) is 1. The molecule has 0 saturated carbocycles. The van der Waals surface area contributed by atoms with E-state index in [1.807, 2.05) is 0 Å². The zero-order valence-corrected chi connectivity index (χ0v) is 18.4. The maximum Gasteiger partial charge on any atom is 0.325 e. The monoisotopic (exact) mass is 462 g/mol. The number of hydrogen-bond acceptors (Lipinski definition) is 6. The summed E-state index contributed by atoms with van der Waals surface area (Å²) in [5.74, 6) is -4.01. The molecule has 0 aliphatic carbocycles. The highest BCUT2D eigenvalue weighted by atomic mass is 16.4. The highest BCUT2D eigenvalue weighted by Gasteiger charge is 2.37. The highest BCUT2D eigenvalue weighted by Crippen LogP contribution is 2.19. The van der Waals surface area contributed by atoms with E-state index in [0.717, 1.165) is 5.56 Å². The van der Waals surface area contributed by atoms with Crippen LogP contribution in [0.2, 0.25) is 0 Å². The lowest BCUT2D eigenvalue weighted by molar-refractivity contribution is -0.143. The topological polar surface area (TPSA) is 179 Å². The van der Waals surface area contributed by atoms with Gasteiger partial charge in [0.15, 0.2) is 0 Å². The fourth-order valence-corrected chi connectivity index (χ4v) is 3.62. The third-order valence-corrected chi connectivity index (χ3v) is 5.47. The van der Waals surface area contributed by atoms with Crippen LogP contribution in [0.1, 0.15) is 38.2 Å². The van der Waals surface area contributed by atoms with Crippen molar-refractivity contribution in [3.63, 3.8) is 0 Å². The molecule has 4 unspecified atom stereocenters. The summed E-state index contributed by atoms with van der Waals surface area (Å²) >= 11 is 0. The van der Waals surface area contributed by atoms with Crippen LogP contribution in [0.25, 0.3) is 0 Å². The minimum atomic E-state index is -1.21. The largest absolute Gasteiger partial charge is 0.481 e. The highest BCUT2D eigenvalue weighted by molar-refractivity contribution is 5.94. The third-order valence-electron chi connectivity index (χ3n) is 5.47. The van der Waals surface area contributed by atoms with Crippen molar-refractivity contribution in [2.75, 3.05) is 6.54 Å². The Morgan fingerprint density at radius 1 is 1.12 bits per heavy atom. The van der Waals surface area contributed by atoms with Gasteiger partial charge in [-0.25, -0.2) is 0 Å². The van der Waals surface area contributed by atoms with E-state index in [-0.39, 0.29) is 19.3 Å². The average molecular weight is 463 g/mol. The molecule has 0 aromatic heterocycles. The lowest BCUT2D eigenvalue weighted by Gasteiger charge is -2.28. The fraction of sp³-hybridized carbons (Fsp3) is 0.500. The van der Waals surface area contributed by atoms with Crippen LogP contribution in [-0.4, -0.2) is 75.5 Å². The molecule has 180 valence electrons. The number of rotatable bonds is 11. The number of amides is 3. The van der Waals surface area contributed by atoms with Crippen molar-refractivity contribution in [2.45, 2.75) is 63.2 Å². The van der Waals surface area contributed by atoms with E-state index in [9.17, 15) is 24.0 Å². The first-order valence-corrected chi connectivity index (χ1v) is 10.8. The summed E-state index contributed by atoms with van der Waals surface area (Å²) in [5.41, 5.74) is 6.60. The molecule has 0 radical (unpaired) electrons. The van der Waals surface area contributed by atoms with E-state index in [0.29, 0.717) is 19.4 Å². The minimum absolute atomic E-state index is 0.0505. The first kappa shape index (κ1) is 25.8. The van der Waals surface area contributed by atoms with E-state index in [1.54, 1.807) is 30.3 Å². The number of nitrogens with one attached hydrogen (secondary N) is 2. The number of carboxylic acids is 2. The molecular weight excluding hydrogens is 432 g/mol. The molecule has 2 rings (SSSR count). The first-order valence-electron chi connectivity index (χ1n) is 10.8. The minimum Gasteiger partial charge on any atom is -0.481 e. The Balaban J connectivity index is 2.12. The van der Waals surface area contributed by atoms with Gasteiger partial charge in [0.25, 0.3) is 0 Å². The molecule has 4 atom stereocenters. The van der Waals surface area contributed by atoms with Gasteiger partial charge in [-0.2, -0.15) is 0 Å². The van der Waals surface area contributed by atoms with Crippen molar-refractivity contribution in [2.24, 2.45) is 5.73 Å². The Labute approximate surface area is 191 Å². The van der Waals surface area contributed by atoms with Crippen molar-refractivity contribution in [3.8, 4) is 0 Å². The van der Waals surface area contributed by atoms with Gasteiger partial charge in [0.05, 0.1) is 6.04 Å². The number of aliphatic carboxylic acids is 2. The van der Waals surface area contributed by atoms with Gasteiger partial charge in [0.2, 0.25) is 17.7 Å². The molecule has 3 amide bonds. The zero-order valence-electron chi connectivity index (χ0n) is 18.4. The van der Waals surface area contributed by atoms with Crippen LogP contribution in [0.4, 0.5) is 0 Å². The molecule has 1 aromatic carbocycles. The van der Waals surface area contributed by atoms with Gasteiger partial charge >= 0.3 is 11.9 Å². The Kier molecular flexibility index (Phi) is 9.34. The van der Waals surface area contributed by atoms with Gasteiger partial charge in [0, 0.05) is 19.4 Å². The second kappa shape index (κ2) is 12.0. The predicted molar refractivity (Wildman–Crippen MR) is 117 cm³/mol. The molecule has 0 spiro atoms. The average Bonchev–Trinajstić information content (AvgIpc) is 3.27. The van der Waals surface area contributed by atoms with Crippen LogP contribution in [0.15, 0.2) is 30.3 Å². The number of carboxylic acid groups (broad SMARTS) is 2. The normalized spacial score (nSPS) is 18.1. The smallest absolute Gasteiger partial charge is 0.325 e. The lowest BCUT2D eigenvalue weighted by atomic mass is 10.0. The molecule has 1 fully saturated rings.